The summed E-state index contributed by atoms with van der Waals surface area (Å²) in [6.07, 6.45) is 1.99. The number of hydrogen-bond acceptors (Lipinski definition) is 6. The predicted octanol–water partition coefficient (Wildman–Crippen LogP) is 1.75. The van der Waals surface area contributed by atoms with E-state index in [2.05, 4.69) is 9.97 Å². The molecule has 0 radical (unpaired) electrons. The number of thiophene rings is 1. The lowest BCUT2D eigenvalue weighted by Crippen LogP contribution is -2.43. The molecule has 0 unspecified atom stereocenters. The molecule has 2 aromatic heterocycles. The van der Waals surface area contributed by atoms with E-state index in [1.807, 2.05) is 47.5 Å². The Bertz CT molecular complexity index is 660. The molecule has 7 heteroatoms. The monoisotopic (exact) mass is 332 g/mol. The molecule has 0 spiro atoms. The third-order valence-electron chi connectivity index (χ3n) is 3.72. The minimum absolute atomic E-state index is 0.141. The lowest BCUT2D eigenvalue weighted by molar-refractivity contribution is -0.138. The average molecular weight is 332 g/mol. The number of anilines is 1. The summed E-state index contributed by atoms with van der Waals surface area (Å²) in [7, 11) is 3.80. The van der Waals surface area contributed by atoms with Crippen molar-refractivity contribution < 1.29 is 9.53 Å². The molecule has 2 aromatic rings. The first kappa shape index (κ1) is 15.9. The standard InChI is InChI=1S/C16H20N4O2S/c1-19(2)16-17-6-5-13(18-16)14-11-20(7-8-22-14)15(21)10-12-4-3-9-23-12/h3-6,9,14H,7-8,10-11H2,1-2H3/t14-/m1/s1. The van der Waals surface area contributed by atoms with Crippen LogP contribution in [0.2, 0.25) is 0 Å². The van der Waals surface area contributed by atoms with Gasteiger partial charge in [-0.3, -0.25) is 4.79 Å². The van der Waals surface area contributed by atoms with E-state index >= 15 is 0 Å². The lowest BCUT2D eigenvalue weighted by Gasteiger charge is -2.32. The summed E-state index contributed by atoms with van der Waals surface area (Å²) < 4.78 is 5.81. The van der Waals surface area contributed by atoms with Crippen LogP contribution in [0.4, 0.5) is 5.95 Å². The summed E-state index contributed by atoms with van der Waals surface area (Å²) in [6.45, 7) is 1.70. The highest BCUT2D eigenvalue weighted by Gasteiger charge is 2.26. The van der Waals surface area contributed by atoms with Gasteiger partial charge in [-0.1, -0.05) is 6.07 Å². The van der Waals surface area contributed by atoms with Gasteiger partial charge in [0.1, 0.15) is 6.10 Å². The van der Waals surface area contributed by atoms with Crippen LogP contribution in [0.1, 0.15) is 16.7 Å². The van der Waals surface area contributed by atoms with E-state index in [4.69, 9.17) is 4.74 Å². The van der Waals surface area contributed by atoms with Gasteiger partial charge in [-0.2, -0.15) is 0 Å². The molecule has 0 aromatic carbocycles. The van der Waals surface area contributed by atoms with Crippen molar-refractivity contribution in [1.82, 2.24) is 14.9 Å². The molecule has 0 saturated carbocycles. The SMILES string of the molecule is CN(C)c1nccc([C@H]2CN(C(=O)Cc3cccs3)CCO2)n1. The minimum atomic E-state index is -0.197. The van der Waals surface area contributed by atoms with Gasteiger partial charge in [-0.05, 0) is 17.5 Å². The van der Waals surface area contributed by atoms with Crippen molar-refractivity contribution in [2.45, 2.75) is 12.5 Å². The number of ether oxygens (including phenoxy) is 1. The first-order chi connectivity index (χ1) is 11.1. The second-order valence-corrected chi connectivity index (χ2v) is 6.66. The van der Waals surface area contributed by atoms with Crippen molar-refractivity contribution in [3.8, 4) is 0 Å². The summed E-state index contributed by atoms with van der Waals surface area (Å²) in [6, 6.07) is 5.82. The lowest BCUT2D eigenvalue weighted by atomic mass is 10.2. The van der Waals surface area contributed by atoms with Gasteiger partial charge in [0.2, 0.25) is 11.9 Å². The smallest absolute Gasteiger partial charge is 0.228 e. The molecule has 1 saturated heterocycles. The Morgan fingerprint density at radius 2 is 2.35 bits per heavy atom. The highest BCUT2D eigenvalue weighted by atomic mass is 32.1. The number of carbonyl (C=O) groups excluding carboxylic acids is 1. The van der Waals surface area contributed by atoms with Crippen LogP contribution in [-0.4, -0.2) is 54.6 Å². The number of aromatic nitrogens is 2. The number of carbonyl (C=O) groups is 1. The van der Waals surface area contributed by atoms with Gasteiger partial charge in [-0.25, -0.2) is 9.97 Å². The molecular formula is C16H20N4O2S. The Balaban J connectivity index is 1.68. The molecule has 0 N–H and O–H groups in total. The van der Waals surface area contributed by atoms with Crippen LogP contribution in [0.5, 0.6) is 0 Å². The van der Waals surface area contributed by atoms with E-state index in [0.29, 0.717) is 32.1 Å². The quantitative estimate of drug-likeness (QED) is 0.854. The van der Waals surface area contributed by atoms with Gasteiger partial charge in [0.25, 0.3) is 0 Å². The maximum Gasteiger partial charge on any atom is 0.228 e. The van der Waals surface area contributed by atoms with Crippen LogP contribution in [0.25, 0.3) is 0 Å². The molecule has 1 aliphatic rings. The van der Waals surface area contributed by atoms with Gasteiger partial charge < -0.3 is 14.5 Å². The first-order valence-corrected chi connectivity index (χ1v) is 8.43. The highest BCUT2D eigenvalue weighted by Crippen LogP contribution is 2.22. The maximum atomic E-state index is 12.5. The van der Waals surface area contributed by atoms with E-state index < -0.39 is 0 Å². The van der Waals surface area contributed by atoms with Crippen LogP contribution in [0.15, 0.2) is 29.8 Å². The Hall–Kier alpha value is -1.99. The number of morpholine rings is 1. The van der Waals surface area contributed by atoms with Gasteiger partial charge in [0.15, 0.2) is 0 Å². The Morgan fingerprint density at radius 3 is 3.09 bits per heavy atom. The molecule has 1 aliphatic heterocycles. The summed E-state index contributed by atoms with van der Waals surface area (Å²) in [5.74, 6) is 0.788. The number of rotatable bonds is 4. The van der Waals surface area contributed by atoms with Crippen LogP contribution in [0.3, 0.4) is 0 Å². The van der Waals surface area contributed by atoms with Crippen molar-refractivity contribution in [1.29, 1.82) is 0 Å². The van der Waals surface area contributed by atoms with Gasteiger partial charge in [-0.15, -0.1) is 11.3 Å². The molecule has 3 heterocycles. The van der Waals surface area contributed by atoms with E-state index in [1.54, 1.807) is 17.5 Å². The second kappa shape index (κ2) is 7.06. The van der Waals surface area contributed by atoms with Gasteiger partial charge in [0, 0.05) is 31.7 Å². The fourth-order valence-corrected chi connectivity index (χ4v) is 3.18. The third-order valence-corrected chi connectivity index (χ3v) is 4.60. The number of amides is 1. The van der Waals surface area contributed by atoms with E-state index in [0.717, 1.165) is 10.6 Å². The molecule has 23 heavy (non-hydrogen) atoms. The van der Waals surface area contributed by atoms with Crippen LogP contribution >= 0.6 is 11.3 Å². The zero-order valence-corrected chi connectivity index (χ0v) is 14.1. The first-order valence-electron chi connectivity index (χ1n) is 7.55. The molecule has 3 rings (SSSR count). The number of nitrogens with zero attached hydrogens (tertiary/aromatic N) is 4. The van der Waals surface area contributed by atoms with Crippen molar-refractivity contribution in [2.75, 3.05) is 38.7 Å². The van der Waals surface area contributed by atoms with Crippen molar-refractivity contribution >= 4 is 23.2 Å². The van der Waals surface area contributed by atoms with Crippen molar-refractivity contribution in [3.63, 3.8) is 0 Å². The molecule has 6 nitrogen and oxygen atoms in total. The van der Waals surface area contributed by atoms with E-state index in [-0.39, 0.29) is 12.0 Å². The van der Waals surface area contributed by atoms with Gasteiger partial charge in [0.05, 0.1) is 25.3 Å². The van der Waals surface area contributed by atoms with E-state index in [9.17, 15) is 4.79 Å². The summed E-state index contributed by atoms with van der Waals surface area (Å²) >= 11 is 1.61. The number of hydrogen-bond donors (Lipinski definition) is 0. The van der Waals surface area contributed by atoms with E-state index in [1.165, 1.54) is 0 Å². The largest absolute Gasteiger partial charge is 0.368 e. The Morgan fingerprint density at radius 1 is 1.48 bits per heavy atom. The predicted molar refractivity (Wildman–Crippen MR) is 89.7 cm³/mol. The molecular weight excluding hydrogens is 312 g/mol. The maximum absolute atomic E-state index is 12.5. The van der Waals surface area contributed by atoms with Crippen LogP contribution < -0.4 is 4.90 Å². The summed E-state index contributed by atoms with van der Waals surface area (Å²) in [5, 5.41) is 1.99. The molecule has 1 fully saturated rings. The molecule has 122 valence electrons. The van der Waals surface area contributed by atoms with Crippen molar-refractivity contribution in [3.05, 3.63) is 40.3 Å². The van der Waals surface area contributed by atoms with Crippen LogP contribution in [-0.2, 0) is 16.0 Å². The van der Waals surface area contributed by atoms with Gasteiger partial charge >= 0.3 is 0 Å². The zero-order chi connectivity index (χ0) is 16.2. The highest BCUT2D eigenvalue weighted by molar-refractivity contribution is 7.10. The Labute approximate surface area is 139 Å². The molecule has 0 bridgehead atoms. The zero-order valence-electron chi connectivity index (χ0n) is 13.3. The van der Waals surface area contributed by atoms with Crippen molar-refractivity contribution in [2.24, 2.45) is 0 Å². The second-order valence-electron chi connectivity index (χ2n) is 5.63. The molecule has 1 amide bonds. The molecule has 0 aliphatic carbocycles. The normalized spacial score (nSPS) is 18.0. The summed E-state index contributed by atoms with van der Waals surface area (Å²) in [4.78, 5) is 26.0. The fraction of sp³-hybridized carbons (Fsp3) is 0.438. The topological polar surface area (TPSA) is 58.6 Å². The minimum Gasteiger partial charge on any atom is -0.368 e. The Kier molecular flexibility index (Phi) is 4.88. The average Bonchev–Trinajstić information content (AvgIpc) is 3.08. The third kappa shape index (κ3) is 3.86. The fourth-order valence-electron chi connectivity index (χ4n) is 2.49. The summed E-state index contributed by atoms with van der Waals surface area (Å²) in [5.41, 5.74) is 0.817. The molecule has 1 atom stereocenters. The van der Waals surface area contributed by atoms with Crippen LogP contribution in [0, 0.1) is 0 Å².